The minimum absolute atomic E-state index is 0.0650. The summed E-state index contributed by atoms with van der Waals surface area (Å²) in [4.78, 5) is 0.327. The highest BCUT2D eigenvalue weighted by atomic mass is 79.9. The Morgan fingerprint density at radius 3 is 2.84 bits per heavy atom. The molecular formula is C13H18BrNO2S2. The van der Waals surface area contributed by atoms with Crippen LogP contribution >= 0.6 is 27.7 Å². The van der Waals surface area contributed by atoms with Gasteiger partial charge >= 0.3 is 0 Å². The molecule has 0 aromatic heterocycles. The molecule has 0 saturated heterocycles. The molecule has 6 heteroatoms. The van der Waals surface area contributed by atoms with Crippen molar-refractivity contribution < 1.29 is 8.42 Å². The van der Waals surface area contributed by atoms with Gasteiger partial charge in [0, 0.05) is 15.8 Å². The molecule has 1 aromatic rings. The Hall–Kier alpha value is -0.0400. The zero-order chi connectivity index (χ0) is 13.9. The van der Waals surface area contributed by atoms with Crippen molar-refractivity contribution >= 4 is 37.7 Å². The lowest BCUT2D eigenvalue weighted by Gasteiger charge is -2.28. The molecule has 0 spiro atoms. The monoisotopic (exact) mass is 363 g/mol. The summed E-state index contributed by atoms with van der Waals surface area (Å²) in [5.74, 6) is 0. The fourth-order valence-electron chi connectivity index (χ4n) is 2.39. The minimum Gasteiger partial charge on any atom is -0.208 e. The molecule has 0 amide bonds. The van der Waals surface area contributed by atoms with E-state index in [4.69, 9.17) is 0 Å². The molecule has 0 aliphatic heterocycles. The molecule has 2 rings (SSSR count). The summed E-state index contributed by atoms with van der Waals surface area (Å²) >= 11 is 5.14. The maximum atomic E-state index is 12.3. The van der Waals surface area contributed by atoms with Crippen LogP contribution in [0.15, 0.2) is 33.6 Å². The van der Waals surface area contributed by atoms with Crippen molar-refractivity contribution in [2.45, 2.75) is 41.9 Å². The number of thioether (sulfide) groups is 1. The first-order valence-electron chi connectivity index (χ1n) is 6.32. The number of hydrogen-bond donors (Lipinski definition) is 1. The maximum Gasteiger partial charge on any atom is 0.240 e. The third-order valence-corrected chi connectivity index (χ3v) is 6.49. The number of hydrogen-bond acceptors (Lipinski definition) is 3. The van der Waals surface area contributed by atoms with Gasteiger partial charge in [0.15, 0.2) is 0 Å². The van der Waals surface area contributed by atoms with Crippen LogP contribution in [-0.4, -0.2) is 26.0 Å². The quantitative estimate of drug-likeness (QED) is 0.891. The number of halogens is 1. The van der Waals surface area contributed by atoms with E-state index in [1.165, 1.54) is 6.42 Å². The maximum absolute atomic E-state index is 12.3. The molecule has 19 heavy (non-hydrogen) atoms. The second-order valence-electron chi connectivity index (χ2n) is 4.80. The molecule has 1 aliphatic rings. The largest absolute Gasteiger partial charge is 0.240 e. The summed E-state index contributed by atoms with van der Waals surface area (Å²) < 4.78 is 28.2. The molecule has 0 radical (unpaired) electrons. The standard InChI is InChI=1S/C13H18BrNO2S2/c1-18-12-6-3-5-11(9-12)15-19(16,17)13-7-2-4-10(14)8-13/h2,4,7-8,11-12,15H,3,5-6,9H2,1H3. The van der Waals surface area contributed by atoms with Crippen LogP contribution in [0.2, 0.25) is 0 Å². The Kier molecular flexibility index (Phi) is 5.34. The van der Waals surface area contributed by atoms with E-state index in [0.717, 1.165) is 23.7 Å². The average molecular weight is 364 g/mol. The highest BCUT2D eigenvalue weighted by Crippen LogP contribution is 2.28. The van der Waals surface area contributed by atoms with Crippen molar-refractivity contribution in [1.29, 1.82) is 0 Å². The third-order valence-electron chi connectivity index (χ3n) is 3.39. The first-order valence-corrected chi connectivity index (χ1v) is 9.88. The van der Waals surface area contributed by atoms with E-state index in [1.807, 2.05) is 17.8 Å². The van der Waals surface area contributed by atoms with Gasteiger partial charge in [0.05, 0.1) is 4.90 Å². The average Bonchev–Trinajstić information content (AvgIpc) is 2.38. The molecule has 2 atom stereocenters. The lowest BCUT2D eigenvalue weighted by Crippen LogP contribution is -2.39. The summed E-state index contributed by atoms with van der Waals surface area (Å²) in [5, 5.41) is 0.573. The van der Waals surface area contributed by atoms with Crippen molar-refractivity contribution in [3.05, 3.63) is 28.7 Å². The normalized spacial score (nSPS) is 24.3. The summed E-state index contributed by atoms with van der Waals surface area (Å²) in [6.07, 6.45) is 6.24. The number of nitrogens with one attached hydrogen (secondary N) is 1. The van der Waals surface area contributed by atoms with Gasteiger partial charge in [0.25, 0.3) is 0 Å². The molecule has 1 aromatic carbocycles. The second-order valence-corrected chi connectivity index (χ2v) is 8.57. The zero-order valence-corrected chi connectivity index (χ0v) is 14.0. The Labute approximate surface area is 127 Å². The third kappa shape index (κ3) is 4.21. The molecule has 0 bridgehead atoms. The van der Waals surface area contributed by atoms with Crippen LogP contribution in [-0.2, 0) is 10.0 Å². The van der Waals surface area contributed by atoms with Crippen molar-refractivity contribution in [2.24, 2.45) is 0 Å². The van der Waals surface area contributed by atoms with Crippen LogP contribution in [0.4, 0.5) is 0 Å². The summed E-state index contributed by atoms with van der Waals surface area (Å²) in [5.41, 5.74) is 0. The van der Waals surface area contributed by atoms with Gasteiger partial charge in [-0.2, -0.15) is 11.8 Å². The number of benzene rings is 1. The van der Waals surface area contributed by atoms with E-state index < -0.39 is 10.0 Å². The van der Waals surface area contributed by atoms with E-state index >= 15 is 0 Å². The van der Waals surface area contributed by atoms with E-state index in [2.05, 4.69) is 26.9 Å². The SMILES string of the molecule is CSC1CCCC(NS(=O)(=O)c2cccc(Br)c2)C1. The first-order chi connectivity index (χ1) is 9.01. The van der Waals surface area contributed by atoms with Crippen LogP contribution in [0, 0.1) is 0 Å². The van der Waals surface area contributed by atoms with Crippen LogP contribution in [0.5, 0.6) is 0 Å². The predicted octanol–water partition coefficient (Wildman–Crippen LogP) is 3.40. The molecule has 2 unspecified atom stereocenters. The molecule has 0 heterocycles. The highest BCUT2D eigenvalue weighted by molar-refractivity contribution is 9.10. The van der Waals surface area contributed by atoms with E-state index in [-0.39, 0.29) is 6.04 Å². The Morgan fingerprint density at radius 1 is 1.37 bits per heavy atom. The summed E-state index contributed by atoms with van der Waals surface area (Å²) in [6.45, 7) is 0. The Morgan fingerprint density at radius 2 is 2.16 bits per heavy atom. The van der Waals surface area contributed by atoms with Crippen LogP contribution < -0.4 is 4.72 Å². The molecule has 1 N–H and O–H groups in total. The van der Waals surface area contributed by atoms with Crippen molar-refractivity contribution in [2.75, 3.05) is 6.26 Å². The van der Waals surface area contributed by atoms with Crippen LogP contribution in [0.3, 0.4) is 0 Å². The zero-order valence-electron chi connectivity index (χ0n) is 10.8. The van der Waals surface area contributed by atoms with E-state index in [1.54, 1.807) is 18.2 Å². The topological polar surface area (TPSA) is 46.2 Å². The van der Waals surface area contributed by atoms with Gasteiger partial charge in [0.1, 0.15) is 0 Å². The first kappa shape index (κ1) is 15.4. The summed E-state index contributed by atoms with van der Waals surface area (Å²) in [6, 6.07) is 6.89. The second kappa shape index (κ2) is 6.61. The van der Waals surface area contributed by atoms with Gasteiger partial charge in [-0.25, -0.2) is 13.1 Å². The molecular weight excluding hydrogens is 346 g/mol. The van der Waals surface area contributed by atoms with E-state index in [9.17, 15) is 8.42 Å². The van der Waals surface area contributed by atoms with Gasteiger partial charge in [-0.1, -0.05) is 28.4 Å². The van der Waals surface area contributed by atoms with Gasteiger partial charge in [0.2, 0.25) is 10.0 Å². The molecule has 1 aliphatic carbocycles. The number of rotatable bonds is 4. The predicted molar refractivity (Wildman–Crippen MR) is 84.0 cm³/mol. The minimum atomic E-state index is -3.40. The van der Waals surface area contributed by atoms with E-state index in [0.29, 0.717) is 10.1 Å². The summed E-state index contributed by atoms with van der Waals surface area (Å²) in [7, 11) is -3.40. The molecule has 106 valence electrons. The molecule has 1 fully saturated rings. The van der Waals surface area contributed by atoms with Gasteiger partial charge in [-0.15, -0.1) is 0 Å². The lowest BCUT2D eigenvalue weighted by atomic mass is 9.96. The smallest absolute Gasteiger partial charge is 0.208 e. The van der Waals surface area contributed by atoms with Crippen molar-refractivity contribution in [3.63, 3.8) is 0 Å². The molecule has 3 nitrogen and oxygen atoms in total. The van der Waals surface area contributed by atoms with Gasteiger partial charge in [-0.3, -0.25) is 0 Å². The Balaban J connectivity index is 2.09. The fourth-order valence-corrected chi connectivity index (χ4v) is 5.09. The van der Waals surface area contributed by atoms with Crippen LogP contribution in [0.25, 0.3) is 0 Å². The Bertz CT molecular complexity index is 533. The van der Waals surface area contributed by atoms with Gasteiger partial charge < -0.3 is 0 Å². The highest BCUT2D eigenvalue weighted by Gasteiger charge is 2.26. The number of sulfonamides is 1. The van der Waals surface area contributed by atoms with Crippen molar-refractivity contribution in [1.82, 2.24) is 4.72 Å². The van der Waals surface area contributed by atoms with Gasteiger partial charge in [-0.05, 0) is 43.7 Å². The molecule has 1 saturated carbocycles. The fraction of sp³-hybridized carbons (Fsp3) is 0.538. The lowest BCUT2D eigenvalue weighted by molar-refractivity contribution is 0.421. The van der Waals surface area contributed by atoms with Crippen molar-refractivity contribution in [3.8, 4) is 0 Å². The van der Waals surface area contributed by atoms with Crippen LogP contribution in [0.1, 0.15) is 25.7 Å².